The molecule has 1 aliphatic rings. The summed E-state index contributed by atoms with van der Waals surface area (Å²) in [6.45, 7) is 4.42. The molecule has 1 aliphatic carbocycles. The zero-order chi connectivity index (χ0) is 16.1. The maximum atomic E-state index is 2.48. The molecular weight excluding hydrogens is 613 g/mol. The van der Waals surface area contributed by atoms with E-state index in [-0.39, 0.29) is 3.42 Å². The monoisotopic (exact) mass is 629 g/mol. The van der Waals surface area contributed by atoms with Gasteiger partial charge in [0.15, 0.2) is 11.0 Å². The van der Waals surface area contributed by atoms with E-state index in [0.717, 1.165) is 0 Å². The van der Waals surface area contributed by atoms with Crippen LogP contribution in [-0.4, -0.2) is 6.20 Å². The van der Waals surface area contributed by atoms with E-state index in [1.807, 2.05) is 0 Å². The third-order valence-electron chi connectivity index (χ3n) is 3.95. The van der Waals surface area contributed by atoms with Gasteiger partial charge in [-0.1, -0.05) is 53.0 Å². The first-order valence-electron chi connectivity index (χ1n) is 6.95. The number of benzene rings is 1. The number of para-hydroxylation sites is 1. The molecule has 2 aromatic rings. The van der Waals surface area contributed by atoms with Crippen molar-refractivity contribution in [2.24, 2.45) is 7.05 Å². The number of nitrogens with zero attached hydrogens (tertiary/aromatic N) is 2. The van der Waals surface area contributed by atoms with Crippen LogP contribution < -0.4 is 4.57 Å². The largest absolute Gasteiger partial charge is 0.326 e. The van der Waals surface area contributed by atoms with Crippen molar-refractivity contribution in [2.75, 3.05) is 0 Å². The van der Waals surface area contributed by atoms with Gasteiger partial charge in [0, 0.05) is 5.56 Å². The minimum absolute atomic E-state index is 0.0699. The van der Waals surface area contributed by atoms with Crippen molar-refractivity contribution in [3.05, 3.63) is 57.5 Å². The van der Waals surface area contributed by atoms with E-state index in [4.69, 9.17) is 0 Å². The molecule has 5 heteroatoms. The van der Waals surface area contributed by atoms with Crippen molar-refractivity contribution >= 4 is 84.7 Å². The summed E-state index contributed by atoms with van der Waals surface area (Å²) in [7, 11) is 2.14. The fourth-order valence-corrected chi connectivity index (χ4v) is 4.27. The maximum Gasteiger partial charge on any atom is 0.326 e. The SMILES string of the molecule is CC1=C(c2cccc3c2[n+](C)c(I)n3I)C=CC(C)(I)C=C1. The Kier molecular flexibility index (Phi) is 4.77. The second kappa shape index (κ2) is 6.19. The van der Waals surface area contributed by atoms with Gasteiger partial charge < -0.3 is 0 Å². The highest BCUT2D eigenvalue weighted by Crippen LogP contribution is 2.33. The Morgan fingerprint density at radius 1 is 1.18 bits per heavy atom. The molecule has 0 saturated carbocycles. The van der Waals surface area contributed by atoms with E-state index >= 15 is 0 Å². The Morgan fingerprint density at radius 2 is 1.86 bits per heavy atom. The highest BCUT2D eigenvalue weighted by atomic mass is 127. The first-order valence-corrected chi connectivity index (χ1v) is 10.1. The predicted octanol–water partition coefficient (Wildman–Crippen LogP) is 5.36. The van der Waals surface area contributed by atoms with Crippen LogP contribution >= 0.6 is 68.0 Å². The number of aryl methyl sites for hydroxylation is 1. The lowest BCUT2D eigenvalue weighted by Crippen LogP contribution is -2.31. The number of hydrogen-bond donors (Lipinski definition) is 0. The summed E-state index contributed by atoms with van der Waals surface area (Å²) in [6.07, 6.45) is 9.06. The number of fused-ring (bicyclic) bond motifs is 1. The Balaban J connectivity index is 2.32. The van der Waals surface area contributed by atoms with Crippen LogP contribution in [0, 0.1) is 3.83 Å². The summed E-state index contributed by atoms with van der Waals surface area (Å²) in [5, 5.41) is 0. The van der Waals surface area contributed by atoms with Crippen LogP contribution in [0.4, 0.5) is 0 Å². The van der Waals surface area contributed by atoms with Crippen LogP contribution in [0.3, 0.4) is 0 Å². The number of halogens is 3. The van der Waals surface area contributed by atoms with Gasteiger partial charge in [0.1, 0.15) is 0 Å². The first kappa shape index (κ1) is 16.9. The van der Waals surface area contributed by atoms with Crippen molar-refractivity contribution in [3.63, 3.8) is 0 Å². The molecular formula is C17H16I3N2+. The molecule has 0 bridgehead atoms. The zero-order valence-electron chi connectivity index (χ0n) is 12.6. The summed E-state index contributed by atoms with van der Waals surface area (Å²) >= 11 is 7.24. The molecule has 114 valence electrons. The van der Waals surface area contributed by atoms with Gasteiger partial charge in [-0.2, -0.15) is 2.78 Å². The highest BCUT2D eigenvalue weighted by Gasteiger charge is 2.24. The molecule has 0 spiro atoms. The third kappa shape index (κ3) is 2.92. The smallest absolute Gasteiger partial charge is 0.220 e. The van der Waals surface area contributed by atoms with Gasteiger partial charge in [-0.25, -0.2) is 4.57 Å². The van der Waals surface area contributed by atoms with Crippen molar-refractivity contribution in [3.8, 4) is 0 Å². The Labute approximate surface area is 172 Å². The molecule has 1 unspecified atom stereocenters. The van der Waals surface area contributed by atoms with Crippen LogP contribution in [0.15, 0.2) is 48.1 Å². The minimum Gasteiger partial charge on any atom is -0.220 e. The van der Waals surface area contributed by atoms with Crippen molar-refractivity contribution in [1.82, 2.24) is 2.78 Å². The van der Waals surface area contributed by atoms with Gasteiger partial charge in [0.25, 0.3) is 0 Å². The van der Waals surface area contributed by atoms with Crippen LogP contribution in [0.2, 0.25) is 0 Å². The second-order valence-corrected chi connectivity index (χ2v) is 9.95. The molecule has 0 fully saturated rings. The standard InChI is InChI=1S/C17H16I3N2/c1-11-7-9-17(2,19)10-8-12(11)13-5-4-6-14-15(13)21(3)16(18)22(14)20/h4-10H,1-3H3/q+1. The summed E-state index contributed by atoms with van der Waals surface area (Å²) in [5.41, 5.74) is 6.44. The van der Waals surface area contributed by atoms with Gasteiger partial charge in [-0.3, -0.25) is 0 Å². The summed E-state index contributed by atoms with van der Waals surface area (Å²) in [4.78, 5) is 0. The molecule has 0 amide bonds. The minimum atomic E-state index is 0.0699. The molecule has 1 heterocycles. The normalized spacial score (nSPS) is 21.7. The number of aromatic nitrogens is 2. The quantitative estimate of drug-likeness (QED) is 0.229. The maximum absolute atomic E-state index is 2.48. The Bertz CT molecular complexity index is 854. The van der Waals surface area contributed by atoms with Gasteiger partial charge >= 0.3 is 3.83 Å². The summed E-state index contributed by atoms with van der Waals surface area (Å²) < 4.78 is 5.77. The fraction of sp³-hybridized carbons (Fsp3) is 0.235. The number of imidazole rings is 1. The zero-order valence-corrected chi connectivity index (χ0v) is 19.0. The number of hydrogen-bond acceptors (Lipinski definition) is 0. The Morgan fingerprint density at radius 3 is 2.59 bits per heavy atom. The van der Waals surface area contributed by atoms with Gasteiger partial charge in [-0.05, 0) is 37.1 Å². The molecule has 2 nitrogen and oxygen atoms in total. The van der Waals surface area contributed by atoms with E-state index in [0.29, 0.717) is 0 Å². The highest BCUT2D eigenvalue weighted by molar-refractivity contribution is 14.1. The van der Waals surface area contributed by atoms with E-state index < -0.39 is 0 Å². The second-order valence-electron chi connectivity index (χ2n) is 5.70. The predicted molar refractivity (Wildman–Crippen MR) is 119 cm³/mol. The molecule has 0 N–H and O–H groups in total. The van der Waals surface area contributed by atoms with Crippen LogP contribution in [0.1, 0.15) is 19.4 Å². The fourth-order valence-electron chi connectivity index (χ4n) is 2.70. The van der Waals surface area contributed by atoms with Crippen LogP contribution in [0.25, 0.3) is 16.6 Å². The molecule has 0 radical (unpaired) electrons. The molecule has 1 atom stereocenters. The van der Waals surface area contributed by atoms with E-state index in [1.165, 1.54) is 31.6 Å². The van der Waals surface area contributed by atoms with Gasteiger partial charge in [-0.15, -0.1) is 0 Å². The van der Waals surface area contributed by atoms with E-state index in [1.54, 1.807) is 0 Å². The number of alkyl halides is 1. The lowest BCUT2D eigenvalue weighted by Gasteiger charge is -2.10. The van der Waals surface area contributed by atoms with Crippen LogP contribution in [0.5, 0.6) is 0 Å². The third-order valence-corrected chi connectivity index (χ3v) is 7.78. The van der Waals surface area contributed by atoms with E-state index in [2.05, 4.69) is 139 Å². The average molecular weight is 629 g/mol. The number of allylic oxidation sites excluding steroid dienone is 6. The lowest BCUT2D eigenvalue weighted by molar-refractivity contribution is -0.658. The van der Waals surface area contributed by atoms with Crippen molar-refractivity contribution < 1.29 is 4.57 Å². The van der Waals surface area contributed by atoms with Crippen molar-refractivity contribution in [2.45, 2.75) is 17.3 Å². The molecule has 1 aromatic carbocycles. The molecule has 3 rings (SSSR count). The summed E-state index contributed by atoms with van der Waals surface area (Å²) in [5.74, 6) is 0. The molecule has 0 aliphatic heterocycles. The van der Waals surface area contributed by atoms with Crippen LogP contribution in [-0.2, 0) is 7.05 Å². The summed E-state index contributed by atoms with van der Waals surface area (Å²) in [6, 6.07) is 6.55. The first-order chi connectivity index (χ1) is 10.3. The molecule has 22 heavy (non-hydrogen) atoms. The average Bonchev–Trinajstić information content (AvgIpc) is 2.62. The molecule has 0 saturated heterocycles. The lowest BCUT2D eigenvalue weighted by atomic mass is 9.99. The van der Waals surface area contributed by atoms with Gasteiger partial charge in [0.05, 0.1) is 33.1 Å². The topological polar surface area (TPSA) is 8.81 Å². The molecule has 1 aromatic heterocycles. The van der Waals surface area contributed by atoms with E-state index in [9.17, 15) is 0 Å². The van der Waals surface area contributed by atoms with Gasteiger partial charge in [0.2, 0.25) is 22.9 Å². The Hall–Kier alpha value is 0.1000. The number of rotatable bonds is 1. The van der Waals surface area contributed by atoms with Crippen molar-refractivity contribution in [1.29, 1.82) is 0 Å².